The molecule has 0 bridgehead atoms. The minimum Gasteiger partial charge on any atom is -0.330 e. The molecule has 84 valence electrons. The highest BCUT2D eigenvalue weighted by molar-refractivity contribution is 5.04. The van der Waals surface area contributed by atoms with Crippen molar-refractivity contribution in [2.45, 2.75) is 26.3 Å². The van der Waals surface area contributed by atoms with E-state index in [-0.39, 0.29) is 0 Å². The van der Waals surface area contributed by atoms with Gasteiger partial charge < -0.3 is 5.73 Å². The lowest BCUT2D eigenvalue weighted by Crippen LogP contribution is -2.35. The van der Waals surface area contributed by atoms with Gasteiger partial charge in [-0.3, -0.25) is 4.90 Å². The van der Waals surface area contributed by atoms with Gasteiger partial charge in [0.1, 0.15) is 11.4 Å². The third-order valence-corrected chi connectivity index (χ3v) is 3.16. The van der Waals surface area contributed by atoms with Gasteiger partial charge in [-0.15, -0.1) is 0 Å². The Hall–Kier alpha value is -0.940. The molecule has 5 heteroatoms. The van der Waals surface area contributed by atoms with Crippen LogP contribution in [0.3, 0.4) is 0 Å². The first-order chi connectivity index (χ1) is 7.29. The Morgan fingerprint density at radius 3 is 2.67 bits per heavy atom. The Balaban J connectivity index is 1.85. The van der Waals surface area contributed by atoms with Crippen LogP contribution in [0.2, 0.25) is 0 Å². The summed E-state index contributed by atoms with van der Waals surface area (Å²) in [5, 5.41) is 7.68. The Morgan fingerprint density at radius 1 is 1.40 bits per heavy atom. The van der Waals surface area contributed by atoms with Gasteiger partial charge in [-0.25, -0.2) is 4.63 Å². The number of nitrogens with two attached hydrogens (primary N) is 1. The van der Waals surface area contributed by atoms with Gasteiger partial charge in [-0.1, -0.05) is 10.3 Å². The van der Waals surface area contributed by atoms with Gasteiger partial charge in [0, 0.05) is 6.54 Å². The highest BCUT2D eigenvalue weighted by Gasteiger charge is 2.19. The van der Waals surface area contributed by atoms with Gasteiger partial charge in [-0.2, -0.15) is 0 Å². The highest BCUT2D eigenvalue weighted by Crippen LogP contribution is 2.17. The molecule has 1 aliphatic rings. The van der Waals surface area contributed by atoms with E-state index in [1.807, 2.05) is 6.92 Å². The van der Waals surface area contributed by atoms with Crippen molar-refractivity contribution in [1.29, 1.82) is 0 Å². The predicted octanol–water partition coefficient (Wildman–Crippen LogP) is 0.549. The SMILES string of the molecule is Cc1nonc1CN1CCC(CN)CC1. The molecule has 1 fully saturated rings. The first kappa shape index (κ1) is 10.6. The molecule has 2 rings (SSSR count). The van der Waals surface area contributed by atoms with Crippen LogP contribution in [-0.2, 0) is 6.54 Å². The molecule has 0 atom stereocenters. The maximum Gasteiger partial charge on any atom is 0.122 e. The normalized spacial score (nSPS) is 19.6. The Kier molecular flexibility index (Phi) is 3.33. The van der Waals surface area contributed by atoms with Crippen molar-refractivity contribution < 1.29 is 4.63 Å². The fourth-order valence-corrected chi connectivity index (χ4v) is 1.99. The van der Waals surface area contributed by atoms with Crippen LogP contribution in [0.4, 0.5) is 0 Å². The second-order valence-corrected chi connectivity index (χ2v) is 4.25. The maximum atomic E-state index is 5.65. The quantitative estimate of drug-likeness (QED) is 0.789. The van der Waals surface area contributed by atoms with Crippen molar-refractivity contribution in [1.82, 2.24) is 15.2 Å². The zero-order chi connectivity index (χ0) is 10.7. The van der Waals surface area contributed by atoms with Crippen molar-refractivity contribution >= 4 is 0 Å². The fraction of sp³-hybridized carbons (Fsp3) is 0.800. The predicted molar refractivity (Wildman–Crippen MR) is 56.1 cm³/mol. The lowest BCUT2D eigenvalue weighted by Gasteiger charge is -2.30. The average Bonchev–Trinajstić information content (AvgIpc) is 2.66. The first-order valence-corrected chi connectivity index (χ1v) is 5.50. The van der Waals surface area contributed by atoms with E-state index >= 15 is 0 Å². The van der Waals surface area contributed by atoms with E-state index in [2.05, 4.69) is 19.8 Å². The number of nitrogens with zero attached hydrogens (tertiary/aromatic N) is 3. The van der Waals surface area contributed by atoms with E-state index in [1.54, 1.807) is 0 Å². The lowest BCUT2D eigenvalue weighted by atomic mass is 9.97. The number of likely N-dealkylation sites (tertiary alicyclic amines) is 1. The molecule has 0 saturated carbocycles. The summed E-state index contributed by atoms with van der Waals surface area (Å²) in [6.07, 6.45) is 2.39. The monoisotopic (exact) mass is 210 g/mol. The van der Waals surface area contributed by atoms with Crippen LogP contribution in [0.1, 0.15) is 24.2 Å². The summed E-state index contributed by atoms with van der Waals surface area (Å²) >= 11 is 0. The van der Waals surface area contributed by atoms with E-state index in [0.29, 0.717) is 5.92 Å². The van der Waals surface area contributed by atoms with Gasteiger partial charge in [0.25, 0.3) is 0 Å². The summed E-state index contributed by atoms with van der Waals surface area (Å²) in [6.45, 7) is 5.81. The summed E-state index contributed by atoms with van der Waals surface area (Å²) < 4.78 is 4.68. The van der Waals surface area contributed by atoms with E-state index in [4.69, 9.17) is 5.73 Å². The smallest absolute Gasteiger partial charge is 0.122 e. The largest absolute Gasteiger partial charge is 0.330 e. The van der Waals surface area contributed by atoms with Gasteiger partial charge >= 0.3 is 0 Å². The minimum absolute atomic E-state index is 0.706. The number of aromatic nitrogens is 2. The van der Waals surface area contributed by atoms with Gasteiger partial charge in [0.15, 0.2) is 0 Å². The topological polar surface area (TPSA) is 68.2 Å². The minimum atomic E-state index is 0.706. The average molecular weight is 210 g/mol. The zero-order valence-corrected chi connectivity index (χ0v) is 9.15. The van der Waals surface area contributed by atoms with Crippen molar-refractivity contribution in [3.05, 3.63) is 11.4 Å². The van der Waals surface area contributed by atoms with Gasteiger partial charge in [0.2, 0.25) is 0 Å². The fourth-order valence-electron chi connectivity index (χ4n) is 1.99. The molecule has 2 N–H and O–H groups in total. The third-order valence-electron chi connectivity index (χ3n) is 3.16. The summed E-state index contributed by atoms with van der Waals surface area (Å²) in [5.41, 5.74) is 7.51. The molecule has 1 aliphatic heterocycles. The molecule has 15 heavy (non-hydrogen) atoms. The Labute approximate surface area is 89.6 Å². The molecule has 5 nitrogen and oxygen atoms in total. The molecular formula is C10H18N4O. The van der Waals surface area contributed by atoms with E-state index < -0.39 is 0 Å². The van der Waals surface area contributed by atoms with Crippen LogP contribution in [0.5, 0.6) is 0 Å². The number of rotatable bonds is 3. The molecule has 0 spiro atoms. The van der Waals surface area contributed by atoms with Gasteiger partial charge in [-0.05, 0) is 45.3 Å². The van der Waals surface area contributed by atoms with Gasteiger partial charge in [0.05, 0.1) is 0 Å². The molecule has 0 amide bonds. The maximum absolute atomic E-state index is 5.65. The summed E-state index contributed by atoms with van der Waals surface area (Å²) in [7, 11) is 0. The van der Waals surface area contributed by atoms with Crippen LogP contribution in [0.25, 0.3) is 0 Å². The molecule has 0 aromatic carbocycles. The van der Waals surface area contributed by atoms with E-state index in [9.17, 15) is 0 Å². The summed E-state index contributed by atoms with van der Waals surface area (Å²) in [5.74, 6) is 0.706. The van der Waals surface area contributed by atoms with Crippen molar-refractivity contribution in [2.75, 3.05) is 19.6 Å². The lowest BCUT2D eigenvalue weighted by molar-refractivity contribution is 0.175. The van der Waals surface area contributed by atoms with E-state index in [0.717, 1.165) is 37.6 Å². The molecule has 1 aromatic heterocycles. The van der Waals surface area contributed by atoms with Crippen LogP contribution < -0.4 is 5.73 Å². The van der Waals surface area contributed by atoms with Crippen molar-refractivity contribution in [2.24, 2.45) is 11.7 Å². The van der Waals surface area contributed by atoms with Crippen LogP contribution in [0.15, 0.2) is 4.63 Å². The molecule has 0 radical (unpaired) electrons. The number of piperidine rings is 1. The summed E-state index contributed by atoms with van der Waals surface area (Å²) in [4.78, 5) is 2.39. The number of aryl methyl sites for hydroxylation is 1. The molecule has 1 aromatic rings. The number of hydrogen-bond acceptors (Lipinski definition) is 5. The number of hydrogen-bond donors (Lipinski definition) is 1. The summed E-state index contributed by atoms with van der Waals surface area (Å²) in [6, 6.07) is 0. The zero-order valence-electron chi connectivity index (χ0n) is 9.15. The van der Waals surface area contributed by atoms with Crippen LogP contribution >= 0.6 is 0 Å². The molecule has 0 aliphatic carbocycles. The van der Waals surface area contributed by atoms with Crippen LogP contribution in [0, 0.1) is 12.8 Å². The molecule has 2 heterocycles. The molecule has 1 saturated heterocycles. The Bertz CT molecular complexity index is 304. The standard InChI is InChI=1S/C10H18N4O/c1-8-10(13-15-12-8)7-14-4-2-9(6-11)3-5-14/h9H,2-7,11H2,1H3. The molecule has 0 unspecified atom stereocenters. The van der Waals surface area contributed by atoms with E-state index in [1.165, 1.54) is 12.8 Å². The second-order valence-electron chi connectivity index (χ2n) is 4.25. The third kappa shape index (κ3) is 2.54. The van der Waals surface area contributed by atoms with Crippen LogP contribution in [-0.4, -0.2) is 34.8 Å². The van der Waals surface area contributed by atoms with Crippen molar-refractivity contribution in [3.8, 4) is 0 Å². The van der Waals surface area contributed by atoms with Crippen molar-refractivity contribution in [3.63, 3.8) is 0 Å². The highest BCUT2D eigenvalue weighted by atomic mass is 16.6. The first-order valence-electron chi connectivity index (χ1n) is 5.50. The Morgan fingerprint density at radius 2 is 2.13 bits per heavy atom. The second kappa shape index (κ2) is 4.72. The molecular weight excluding hydrogens is 192 g/mol.